The number of nitrogens with one attached hydrogen (secondary N) is 2. The number of pyridine rings is 1. The maximum atomic E-state index is 6.09. The van der Waals surface area contributed by atoms with E-state index in [1.54, 1.807) is 7.05 Å². The van der Waals surface area contributed by atoms with Crippen molar-refractivity contribution in [1.82, 2.24) is 25.2 Å². The van der Waals surface area contributed by atoms with E-state index in [1.165, 1.54) is 12.0 Å². The normalized spacial score (nSPS) is 11.5. The topological polar surface area (TPSA) is 75.8 Å². The molecule has 0 bridgehead atoms. The molecule has 0 aliphatic rings. The Bertz CT molecular complexity index is 1000. The summed E-state index contributed by atoms with van der Waals surface area (Å²) in [6, 6.07) is 12.2. The lowest BCUT2D eigenvalue weighted by Gasteiger charge is -2.16. The van der Waals surface area contributed by atoms with E-state index in [2.05, 4.69) is 64.8 Å². The summed E-state index contributed by atoms with van der Waals surface area (Å²) in [5, 5.41) is 15.2. The average Bonchev–Trinajstić information content (AvgIpc) is 3.17. The second kappa shape index (κ2) is 13.2. The molecule has 32 heavy (non-hydrogen) atoms. The molecule has 0 atom stereocenters. The van der Waals surface area contributed by atoms with Gasteiger partial charge in [-0.25, -0.2) is 0 Å². The summed E-state index contributed by atoms with van der Waals surface area (Å²) < 4.78 is 8.09. The first kappa shape index (κ1) is 25.9. The van der Waals surface area contributed by atoms with Gasteiger partial charge in [0, 0.05) is 38.3 Å². The van der Waals surface area contributed by atoms with Gasteiger partial charge in [-0.15, -0.1) is 34.2 Å². The number of aliphatic imine (C=N–C) groups is 1. The van der Waals surface area contributed by atoms with E-state index in [0.717, 1.165) is 48.2 Å². The van der Waals surface area contributed by atoms with E-state index in [-0.39, 0.29) is 24.0 Å². The third-order valence-electron chi connectivity index (χ3n) is 5.10. The van der Waals surface area contributed by atoms with Crippen molar-refractivity contribution in [3.63, 3.8) is 0 Å². The van der Waals surface area contributed by atoms with Crippen LogP contribution in [0.15, 0.2) is 47.6 Å². The van der Waals surface area contributed by atoms with Crippen LogP contribution in [0.4, 0.5) is 0 Å². The number of nitrogens with zero attached hydrogens (tertiary/aromatic N) is 4. The molecule has 0 unspecified atom stereocenters. The average molecular weight is 550 g/mol. The summed E-state index contributed by atoms with van der Waals surface area (Å²) in [5.74, 6) is 3.32. The van der Waals surface area contributed by atoms with Gasteiger partial charge in [0.15, 0.2) is 11.6 Å². The van der Waals surface area contributed by atoms with Gasteiger partial charge in [-0.2, -0.15) is 0 Å². The predicted molar refractivity (Wildman–Crippen MR) is 141 cm³/mol. The largest absolute Gasteiger partial charge is 0.493 e. The van der Waals surface area contributed by atoms with E-state index >= 15 is 0 Å². The molecular formula is C24H35IN6O. The fourth-order valence-electron chi connectivity index (χ4n) is 3.37. The molecule has 0 fully saturated rings. The number of guanidine groups is 1. The second-order valence-electron chi connectivity index (χ2n) is 8.14. The van der Waals surface area contributed by atoms with E-state index in [9.17, 15) is 0 Å². The summed E-state index contributed by atoms with van der Waals surface area (Å²) >= 11 is 0. The van der Waals surface area contributed by atoms with Gasteiger partial charge in [-0.1, -0.05) is 32.0 Å². The molecule has 2 heterocycles. The Hall–Kier alpha value is -2.36. The first-order valence-corrected chi connectivity index (χ1v) is 11.0. The van der Waals surface area contributed by atoms with Crippen molar-refractivity contribution in [3.05, 3.63) is 59.5 Å². The number of rotatable bonds is 10. The van der Waals surface area contributed by atoms with Gasteiger partial charge in [-0.05, 0) is 49.4 Å². The lowest BCUT2D eigenvalue weighted by atomic mass is 10.1. The minimum atomic E-state index is 0. The predicted octanol–water partition coefficient (Wildman–Crippen LogP) is 4.38. The minimum absolute atomic E-state index is 0. The third kappa shape index (κ3) is 7.65. The molecule has 1 aromatic carbocycles. The molecule has 0 radical (unpaired) electrons. The Balaban J connectivity index is 0.00000363. The van der Waals surface area contributed by atoms with Crippen LogP contribution in [0, 0.1) is 12.8 Å². The number of aromatic nitrogens is 3. The quantitative estimate of drug-likeness (QED) is 0.170. The van der Waals surface area contributed by atoms with Crippen molar-refractivity contribution in [2.24, 2.45) is 10.9 Å². The Morgan fingerprint density at radius 1 is 1.16 bits per heavy atom. The highest BCUT2D eigenvalue weighted by Crippen LogP contribution is 2.21. The van der Waals surface area contributed by atoms with Crippen molar-refractivity contribution in [2.45, 2.75) is 46.6 Å². The molecule has 174 valence electrons. The molecule has 2 N–H and O–H groups in total. The van der Waals surface area contributed by atoms with Crippen LogP contribution in [0.3, 0.4) is 0 Å². The summed E-state index contributed by atoms with van der Waals surface area (Å²) in [4.78, 5) is 4.34. The fraction of sp³-hybridized carbons (Fsp3) is 0.458. The summed E-state index contributed by atoms with van der Waals surface area (Å²) in [7, 11) is 1.78. The molecule has 0 spiro atoms. The molecule has 3 rings (SSSR count). The first-order chi connectivity index (χ1) is 15.1. The Labute approximate surface area is 208 Å². The third-order valence-corrected chi connectivity index (χ3v) is 5.10. The maximum Gasteiger partial charge on any atom is 0.191 e. The van der Waals surface area contributed by atoms with E-state index in [4.69, 9.17) is 4.74 Å². The van der Waals surface area contributed by atoms with Gasteiger partial charge in [-0.3, -0.25) is 9.39 Å². The molecule has 0 saturated heterocycles. The first-order valence-electron chi connectivity index (χ1n) is 11.0. The molecule has 7 nitrogen and oxygen atoms in total. The van der Waals surface area contributed by atoms with E-state index in [1.807, 2.05) is 28.8 Å². The standard InChI is InChI=1S/C24H34N6O.HI/c1-18(2)8-7-15-31-21-16-19(3)10-11-20(21)17-27-24(25-4)26-13-12-23-29-28-22-9-5-6-14-30(22)23;/h5-6,9-11,14,16,18H,7-8,12-13,15,17H2,1-4H3,(H2,25,26,27);1H. The smallest absolute Gasteiger partial charge is 0.191 e. The van der Waals surface area contributed by atoms with Crippen molar-refractivity contribution in [1.29, 1.82) is 0 Å². The Morgan fingerprint density at radius 2 is 2.00 bits per heavy atom. The number of benzene rings is 1. The van der Waals surface area contributed by atoms with Gasteiger partial charge < -0.3 is 15.4 Å². The zero-order valence-electron chi connectivity index (χ0n) is 19.5. The number of ether oxygens (including phenoxy) is 1. The Kier molecular flexibility index (Phi) is 10.7. The zero-order chi connectivity index (χ0) is 22.1. The maximum absolute atomic E-state index is 6.09. The minimum Gasteiger partial charge on any atom is -0.493 e. The Morgan fingerprint density at radius 3 is 2.78 bits per heavy atom. The number of fused-ring (bicyclic) bond motifs is 1. The van der Waals surface area contributed by atoms with Crippen LogP contribution in [0.25, 0.3) is 5.65 Å². The molecule has 0 saturated carbocycles. The van der Waals surface area contributed by atoms with Crippen LogP contribution >= 0.6 is 24.0 Å². The number of hydrogen-bond acceptors (Lipinski definition) is 4. The van der Waals surface area contributed by atoms with Crippen molar-refractivity contribution in [2.75, 3.05) is 20.2 Å². The lowest BCUT2D eigenvalue weighted by molar-refractivity contribution is 0.294. The van der Waals surface area contributed by atoms with Crippen LogP contribution in [-0.4, -0.2) is 40.8 Å². The van der Waals surface area contributed by atoms with Gasteiger partial charge >= 0.3 is 0 Å². The number of aryl methyl sites for hydroxylation is 1. The van der Waals surface area contributed by atoms with Crippen molar-refractivity contribution in [3.8, 4) is 5.75 Å². The summed E-state index contributed by atoms with van der Waals surface area (Å²) in [5.41, 5.74) is 3.19. The highest BCUT2D eigenvalue weighted by atomic mass is 127. The SMILES string of the molecule is CN=C(NCCc1nnc2ccccn12)NCc1ccc(C)cc1OCCCC(C)C.I. The van der Waals surface area contributed by atoms with E-state index < -0.39 is 0 Å². The summed E-state index contributed by atoms with van der Waals surface area (Å²) in [6.45, 7) is 8.67. The molecule has 3 aromatic rings. The van der Waals surface area contributed by atoms with Crippen LogP contribution in [-0.2, 0) is 13.0 Å². The molecule has 8 heteroatoms. The van der Waals surface area contributed by atoms with Crippen LogP contribution < -0.4 is 15.4 Å². The van der Waals surface area contributed by atoms with Crippen molar-refractivity contribution >= 4 is 35.6 Å². The van der Waals surface area contributed by atoms with Crippen LogP contribution in [0.1, 0.15) is 43.6 Å². The van der Waals surface area contributed by atoms with Crippen LogP contribution in [0.5, 0.6) is 5.75 Å². The fourth-order valence-corrected chi connectivity index (χ4v) is 3.37. The van der Waals surface area contributed by atoms with E-state index in [0.29, 0.717) is 19.0 Å². The lowest BCUT2D eigenvalue weighted by Crippen LogP contribution is -2.38. The molecular weight excluding hydrogens is 515 g/mol. The molecule has 2 aromatic heterocycles. The van der Waals surface area contributed by atoms with Crippen LogP contribution in [0.2, 0.25) is 0 Å². The highest BCUT2D eigenvalue weighted by Gasteiger charge is 2.08. The number of halogens is 1. The summed E-state index contributed by atoms with van der Waals surface area (Å²) in [6.07, 6.45) is 4.98. The van der Waals surface area contributed by atoms with Gasteiger partial charge in [0.05, 0.1) is 6.61 Å². The zero-order valence-corrected chi connectivity index (χ0v) is 21.8. The molecule has 0 amide bonds. The molecule has 0 aliphatic heterocycles. The van der Waals surface area contributed by atoms with Gasteiger partial charge in [0.25, 0.3) is 0 Å². The van der Waals surface area contributed by atoms with Crippen molar-refractivity contribution < 1.29 is 4.74 Å². The number of hydrogen-bond donors (Lipinski definition) is 2. The second-order valence-corrected chi connectivity index (χ2v) is 8.14. The highest BCUT2D eigenvalue weighted by molar-refractivity contribution is 14.0. The van der Waals surface area contributed by atoms with Gasteiger partial charge in [0.2, 0.25) is 0 Å². The molecule has 0 aliphatic carbocycles. The monoisotopic (exact) mass is 550 g/mol. The van der Waals surface area contributed by atoms with Gasteiger partial charge in [0.1, 0.15) is 11.6 Å².